The van der Waals surface area contributed by atoms with Crippen LogP contribution in [0.5, 0.6) is 5.75 Å². The monoisotopic (exact) mass is 402 g/mol. The van der Waals surface area contributed by atoms with Crippen molar-refractivity contribution in [2.45, 2.75) is 20.3 Å². The molecule has 0 radical (unpaired) electrons. The minimum absolute atomic E-state index is 0.305. The molecule has 1 amide bonds. The highest BCUT2D eigenvalue weighted by molar-refractivity contribution is 5.71. The molecule has 1 saturated heterocycles. The Hall–Kier alpha value is -3.41. The van der Waals surface area contributed by atoms with Crippen LogP contribution in [0.4, 0.5) is 10.6 Å². The Bertz CT molecular complexity index is 1010. The molecule has 1 fully saturated rings. The van der Waals surface area contributed by atoms with Crippen molar-refractivity contribution in [3.05, 3.63) is 83.3 Å². The van der Waals surface area contributed by atoms with E-state index in [1.807, 2.05) is 61.7 Å². The van der Waals surface area contributed by atoms with Crippen LogP contribution < -0.4 is 9.64 Å². The number of anilines is 1. The summed E-state index contributed by atoms with van der Waals surface area (Å²) in [6.07, 6.45) is 2.27. The van der Waals surface area contributed by atoms with Crippen LogP contribution >= 0.6 is 0 Å². The van der Waals surface area contributed by atoms with Crippen LogP contribution in [-0.2, 0) is 6.42 Å². The van der Waals surface area contributed by atoms with Crippen LogP contribution in [0.3, 0.4) is 0 Å². The fourth-order valence-electron chi connectivity index (χ4n) is 3.56. The van der Waals surface area contributed by atoms with Gasteiger partial charge in [-0.05, 0) is 55.3 Å². The van der Waals surface area contributed by atoms with Crippen molar-refractivity contribution in [2.75, 3.05) is 31.1 Å². The van der Waals surface area contributed by atoms with Gasteiger partial charge in [-0.1, -0.05) is 24.3 Å². The second-order valence-corrected chi connectivity index (χ2v) is 7.57. The fourth-order valence-corrected chi connectivity index (χ4v) is 3.56. The van der Waals surface area contributed by atoms with Gasteiger partial charge in [0.1, 0.15) is 11.6 Å². The number of carbonyl (C=O) groups is 1. The highest BCUT2D eigenvalue weighted by atomic mass is 16.6. The molecule has 154 valence electrons. The Morgan fingerprint density at radius 2 is 1.73 bits per heavy atom. The van der Waals surface area contributed by atoms with Crippen molar-refractivity contribution in [3.8, 4) is 5.75 Å². The number of aryl methyl sites for hydroxylation is 2. The zero-order valence-electron chi connectivity index (χ0n) is 17.4. The van der Waals surface area contributed by atoms with Gasteiger partial charge in [-0.25, -0.2) is 9.78 Å². The lowest BCUT2D eigenvalue weighted by Crippen LogP contribution is -2.49. The minimum Gasteiger partial charge on any atom is -0.410 e. The highest BCUT2D eigenvalue weighted by Gasteiger charge is 2.23. The molecule has 0 spiro atoms. The number of amides is 1. The molecule has 0 saturated carbocycles. The third-order valence-corrected chi connectivity index (χ3v) is 5.35. The fraction of sp³-hybridized carbons (Fsp3) is 0.292. The zero-order valence-corrected chi connectivity index (χ0v) is 17.4. The summed E-state index contributed by atoms with van der Waals surface area (Å²) in [6, 6.07) is 17.7. The van der Waals surface area contributed by atoms with Gasteiger partial charge in [0.2, 0.25) is 0 Å². The molecule has 0 aliphatic carbocycles. The Kier molecular flexibility index (Phi) is 5.93. The van der Waals surface area contributed by atoms with Crippen molar-refractivity contribution in [3.63, 3.8) is 0 Å². The van der Waals surface area contributed by atoms with E-state index < -0.39 is 0 Å². The van der Waals surface area contributed by atoms with E-state index in [0.29, 0.717) is 18.8 Å². The molecule has 6 heteroatoms. The Morgan fingerprint density at radius 1 is 0.967 bits per heavy atom. The van der Waals surface area contributed by atoms with E-state index in [1.54, 1.807) is 4.90 Å². The summed E-state index contributed by atoms with van der Waals surface area (Å²) in [5, 5.41) is 0. The zero-order chi connectivity index (χ0) is 20.9. The lowest BCUT2D eigenvalue weighted by molar-refractivity contribution is 0.149. The van der Waals surface area contributed by atoms with Crippen molar-refractivity contribution < 1.29 is 9.53 Å². The molecule has 1 aromatic carbocycles. The van der Waals surface area contributed by atoms with Crippen LogP contribution in [0, 0.1) is 13.8 Å². The second kappa shape index (κ2) is 8.95. The maximum absolute atomic E-state index is 12.5. The van der Waals surface area contributed by atoms with E-state index in [9.17, 15) is 4.79 Å². The van der Waals surface area contributed by atoms with Gasteiger partial charge in [0.15, 0.2) is 0 Å². The topological polar surface area (TPSA) is 58.6 Å². The maximum atomic E-state index is 12.5. The van der Waals surface area contributed by atoms with E-state index in [1.165, 1.54) is 5.56 Å². The Morgan fingerprint density at radius 3 is 2.43 bits per heavy atom. The van der Waals surface area contributed by atoms with Gasteiger partial charge >= 0.3 is 6.09 Å². The van der Waals surface area contributed by atoms with E-state index >= 15 is 0 Å². The Labute approximate surface area is 177 Å². The lowest BCUT2D eigenvalue weighted by atomic mass is 10.1. The summed E-state index contributed by atoms with van der Waals surface area (Å²) in [6.45, 7) is 6.77. The Balaban J connectivity index is 1.30. The van der Waals surface area contributed by atoms with Crippen LogP contribution in [0.15, 0.2) is 60.8 Å². The number of hydrogen-bond donors (Lipinski definition) is 0. The molecule has 6 nitrogen and oxygen atoms in total. The molecular weight excluding hydrogens is 376 g/mol. The highest BCUT2D eigenvalue weighted by Crippen LogP contribution is 2.18. The second-order valence-electron chi connectivity index (χ2n) is 7.57. The van der Waals surface area contributed by atoms with Gasteiger partial charge < -0.3 is 14.5 Å². The number of rotatable bonds is 4. The molecule has 3 heterocycles. The minimum atomic E-state index is -0.305. The molecule has 30 heavy (non-hydrogen) atoms. The largest absolute Gasteiger partial charge is 0.415 e. The van der Waals surface area contributed by atoms with E-state index in [4.69, 9.17) is 4.74 Å². The molecule has 0 bridgehead atoms. The first-order chi connectivity index (χ1) is 14.6. The van der Waals surface area contributed by atoms with Crippen LogP contribution in [-0.4, -0.2) is 47.1 Å². The third-order valence-electron chi connectivity index (χ3n) is 5.35. The van der Waals surface area contributed by atoms with Gasteiger partial charge in [-0.2, -0.15) is 0 Å². The predicted octanol–water partition coefficient (Wildman–Crippen LogP) is 4.01. The number of piperazine rings is 1. The van der Waals surface area contributed by atoms with Crippen LogP contribution in [0.1, 0.15) is 22.5 Å². The number of ether oxygens (including phenoxy) is 1. The van der Waals surface area contributed by atoms with E-state index in [0.717, 1.165) is 42.3 Å². The quantitative estimate of drug-likeness (QED) is 0.660. The van der Waals surface area contributed by atoms with Crippen molar-refractivity contribution in [1.29, 1.82) is 0 Å². The SMILES string of the molecule is Cc1cccc(N2CCN(C(=O)Oc3ccc(Cc4ncccc4C)cc3)CC2)n1. The number of nitrogens with zero attached hydrogens (tertiary/aromatic N) is 4. The standard InChI is InChI=1S/C24H26N4O2/c1-18-5-4-12-25-22(18)17-20-8-10-21(11-9-20)30-24(29)28-15-13-27(14-16-28)23-7-3-6-19(2)26-23/h3-12H,13-17H2,1-2H3. The molecule has 0 atom stereocenters. The van der Waals surface area contributed by atoms with Gasteiger partial charge in [0.25, 0.3) is 0 Å². The lowest BCUT2D eigenvalue weighted by Gasteiger charge is -2.34. The first-order valence-corrected chi connectivity index (χ1v) is 10.2. The molecule has 3 aromatic rings. The third kappa shape index (κ3) is 4.76. The molecular formula is C24H26N4O2. The van der Waals surface area contributed by atoms with E-state index in [-0.39, 0.29) is 6.09 Å². The van der Waals surface area contributed by atoms with Gasteiger partial charge in [0.05, 0.1) is 0 Å². The normalized spacial score (nSPS) is 13.9. The summed E-state index contributed by atoms with van der Waals surface area (Å²) in [5.74, 6) is 1.52. The van der Waals surface area contributed by atoms with E-state index in [2.05, 4.69) is 27.9 Å². The summed E-state index contributed by atoms with van der Waals surface area (Å²) in [5.41, 5.74) is 4.36. The summed E-state index contributed by atoms with van der Waals surface area (Å²) in [7, 11) is 0. The average molecular weight is 402 g/mol. The van der Waals surface area contributed by atoms with Crippen molar-refractivity contribution in [1.82, 2.24) is 14.9 Å². The predicted molar refractivity (Wildman–Crippen MR) is 117 cm³/mol. The molecule has 1 aliphatic heterocycles. The number of aromatic nitrogens is 2. The summed E-state index contributed by atoms with van der Waals surface area (Å²) in [4.78, 5) is 25.5. The summed E-state index contributed by atoms with van der Waals surface area (Å²) >= 11 is 0. The van der Waals surface area contributed by atoms with Gasteiger partial charge in [-0.15, -0.1) is 0 Å². The number of pyridine rings is 2. The molecule has 0 N–H and O–H groups in total. The van der Waals surface area contributed by atoms with Crippen LogP contribution in [0.2, 0.25) is 0 Å². The molecule has 1 aliphatic rings. The van der Waals surface area contributed by atoms with Crippen molar-refractivity contribution >= 4 is 11.9 Å². The van der Waals surface area contributed by atoms with Gasteiger partial charge in [-0.3, -0.25) is 4.98 Å². The molecule has 0 unspecified atom stereocenters. The first kappa shape index (κ1) is 19.9. The maximum Gasteiger partial charge on any atom is 0.415 e. The number of hydrogen-bond acceptors (Lipinski definition) is 5. The molecule has 4 rings (SSSR count). The molecule has 2 aromatic heterocycles. The van der Waals surface area contributed by atoms with Crippen LogP contribution in [0.25, 0.3) is 0 Å². The number of benzene rings is 1. The van der Waals surface area contributed by atoms with Gasteiger partial charge in [0, 0.05) is 50.2 Å². The smallest absolute Gasteiger partial charge is 0.410 e. The first-order valence-electron chi connectivity index (χ1n) is 10.2. The summed E-state index contributed by atoms with van der Waals surface area (Å²) < 4.78 is 5.58. The van der Waals surface area contributed by atoms with Crippen molar-refractivity contribution in [2.24, 2.45) is 0 Å². The average Bonchev–Trinajstić information content (AvgIpc) is 2.77. The number of carbonyl (C=O) groups excluding carboxylic acids is 1.